The van der Waals surface area contributed by atoms with Crippen molar-refractivity contribution < 1.29 is 37.0 Å². The Labute approximate surface area is 292 Å². The molecule has 0 aliphatic carbocycles. The molecular weight excluding hydrogens is 659 g/mol. The number of carbonyl (C=O) groups is 2. The van der Waals surface area contributed by atoms with Crippen LogP contribution in [0, 0.1) is 23.0 Å². The number of amides is 2. The zero-order valence-corrected chi connectivity index (χ0v) is 29.8. The van der Waals surface area contributed by atoms with E-state index < -0.39 is 61.2 Å². The molecule has 3 atom stereocenters. The van der Waals surface area contributed by atoms with Crippen LogP contribution >= 0.6 is 0 Å². The topological polar surface area (TPSA) is 86.3 Å². The Hall–Kier alpha value is -4.58. The number of ether oxygens (including phenoxy) is 3. The largest absolute Gasteiger partial charge is 0.544 e. The van der Waals surface area contributed by atoms with Gasteiger partial charge >= 0.3 is 6.09 Å². The molecule has 262 valence electrons. The molecule has 2 fully saturated rings. The van der Waals surface area contributed by atoms with Crippen LogP contribution in [0.1, 0.15) is 42.6 Å². The Morgan fingerprint density at radius 2 is 1.44 bits per heavy atom. The monoisotopic (exact) mass is 700 g/mol. The third kappa shape index (κ3) is 7.59. The lowest BCUT2D eigenvalue weighted by atomic mass is 9.79. The van der Waals surface area contributed by atoms with Crippen LogP contribution in [0.25, 0.3) is 0 Å². The first-order valence-corrected chi connectivity index (χ1v) is 20.1. The summed E-state index contributed by atoms with van der Waals surface area (Å²) in [6.07, 6.45) is -0.807. The van der Waals surface area contributed by atoms with Crippen LogP contribution in [0.15, 0.2) is 103 Å². The minimum atomic E-state index is -1.95. The highest BCUT2D eigenvalue weighted by atomic mass is 28.4. The molecule has 0 aromatic heterocycles. The molecule has 2 amide bonds. The maximum atomic E-state index is 15.4. The minimum Gasteiger partial charge on any atom is -0.544 e. The number of hydrogen-bond acceptors (Lipinski definition) is 7. The van der Waals surface area contributed by atoms with E-state index in [-0.39, 0.29) is 19.8 Å². The third-order valence-corrected chi connectivity index (χ3v) is 9.58. The number of rotatable bonds is 10. The Morgan fingerprint density at radius 3 is 2.02 bits per heavy atom. The van der Waals surface area contributed by atoms with Gasteiger partial charge < -0.3 is 24.0 Å². The van der Waals surface area contributed by atoms with E-state index in [2.05, 4.69) is 25.0 Å². The molecule has 4 aromatic carbocycles. The fourth-order valence-corrected chi connectivity index (χ4v) is 7.18. The molecule has 0 bridgehead atoms. The van der Waals surface area contributed by atoms with Gasteiger partial charge in [-0.2, -0.15) is 0 Å². The summed E-state index contributed by atoms with van der Waals surface area (Å²) in [5.41, 5.74) is 1.82. The summed E-state index contributed by atoms with van der Waals surface area (Å²) in [5.74, 6) is -3.99. The first-order chi connectivity index (χ1) is 23.7. The van der Waals surface area contributed by atoms with Crippen molar-refractivity contribution in [3.05, 3.63) is 131 Å². The predicted molar refractivity (Wildman–Crippen MR) is 188 cm³/mol. The zero-order chi connectivity index (χ0) is 35.7. The summed E-state index contributed by atoms with van der Waals surface area (Å²) in [5, 5.41) is 3.46. The average molecular weight is 701 g/mol. The molecule has 4 aromatic rings. The van der Waals surface area contributed by atoms with Crippen molar-refractivity contribution in [2.24, 2.45) is 11.3 Å². The number of benzene rings is 4. The van der Waals surface area contributed by atoms with Gasteiger partial charge in [-0.25, -0.2) is 18.5 Å². The third-order valence-electron chi connectivity index (χ3n) is 8.73. The van der Waals surface area contributed by atoms with Crippen LogP contribution in [0.3, 0.4) is 0 Å². The molecule has 6 rings (SSSR count). The standard InChI is InChI=1S/C39H42F2N2O6Si/c1-38(2)24-47-39(48-25-38,28-13-15-29(40)16-14-28)34(36(44)43-33(23-46-37(43)45)26-9-7-6-8-10-26)35(42-31-19-17-30(41)18-20-31)27-11-21-32(22-12-27)49-50(3,4)5/h6-22,33-35,42H,23-25H2,1-5H3/t33-,34+,35-/m1/s1. The van der Waals surface area contributed by atoms with Crippen molar-refractivity contribution in [1.82, 2.24) is 4.90 Å². The maximum absolute atomic E-state index is 15.4. The second-order valence-electron chi connectivity index (χ2n) is 14.5. The van der Waals surface area contributed by atoms with Gasteiger partial charge in [-0.1, -0.05) is 68.4 Å². The molecule has 8 nitrogen and oxygen atoms in total. The van der Waals surface area contributed by atoms with Crippen LogP contribution in [-0.2, 0) is 24.8 Å². The first kappa shape index (κ1) is 35.3. The highest BCUT2D eigenvalue weighted by Gasteiger charge is 2.58. The van der Waals surface area contributed by atoms with Gasteiger partial charge in [-0.15, -0.1) is 0 Å². The number of hydrogen-bond donors (Lipinski definition) is 1. The molecular formula is C39H42F2N2O6Si. The van der Waals surface area contributed by atoms with Crippen molar-refractivity contribution in [2.45, 2.75) is 51.4 Å². The van der Waals surface area contributed by atoms with E-state index in [0.29, 0.717) is 28.1 Å². The van der Waals surface area contributed by atoms with E-state index in [0.717, 1.165) is 4.90 Å². The molecule has 2 aliphatic heterocycles. The summed E-state index contributed by atoms with van der Waals surface area (Å²) in [6, 6.07) is 26.3. The Kier molecular flexibility index (Phi) is 9.85. The van der Waals surface area contributed by atoms with Crippen molar-refractivity contribution in [3.63, 3.8) is 0 Å². The van der Waals surface area contributed by atoms with E-state index in [1.807, 2.05) is 68.4 Å². The molecule has 2 heterocycles. The molecule has 2 aliphatic rings. The Bertz CT molecular complexity index is 1790. The number of nitrogens with zero attached hydrogens (tertiary/aromatic N) is 1. The van der Waals surface area contributed by atoms with Crippen LogP contribution in [0.4, 0.5) is 19.3 Å². The highest BCUT2D eigenvalue weighted by molar-refractivity contribution is 6.70. The lowest BCUT2D eigenvalue weighted by Crippen LogP contribution is -2.57. The van der Waals surface area contributed by atoms with Crippen LogP contribution < -0.4 is 9.74 Å². The quantitative estimate of drug-likeness (QED) is 0.166. The SMILES string of the molecule is CC1(C)COC(c2ccc(F)cc2)([C@H](C(=O)N2C(=O)OC[C@@H]2c2ccccc2)[C@H](Nc2ccc(F)cc2)c2ccc(O[Si](C)(C)C)cc2)OC1. The smallest absolute Gasteiger partial charge is 0.417 e. The van der Waals surface area contributed by atoms with E-state index in [4.69, 9.17) is 18.6 Å². The molecule has 2 saturated heterocycles. The van der Waals surface area contributed by atoms with Gasteiger partial charge in [0.1, 0.15) is 36.0 Å². The zero-order valence-electron chi connectivity index (χ0n) is 28.8. The van der Waals surface area contributed by atoms with Gasteiger partial charge in [0, 0.05) is 16.7 Å². The lowest BCUT2D eigenvalue weighted by molar-refractivity contribution is -0.330. The molecule has 0 saturated carbocycles. The fraction of sp³-hybridized carbons (Fsp3) is 0.333. The fourth-order valence-electron chi connectivity index (χ4n) is 6.34. The highest BCUT2D eigenvalue weighted by Crippen LogP contribution is 2.49. The molecule has 0 unspecified atom stereocenters. The number of nitrogens with one attached hydrogen (secondary N) is 1. The van der Waals surface area contributed by atoms with Gasteiger partial charge in [0.25, 0.3) is 0 Å². The van der Waals surface area contributed by atoms with Crippen LogP contribution in [0.5, 0.6) is 5.75 Å². The molecule has 1 N–H and O–H groups in total. The average Bonchev–Trinajstić information content (AvgIpc) is 3.48. The number of carbonyl (C=O) groups excluding carboxylic acids is 2. The van der Waals surface area contributed by atoms with Crippen molar-refractivity contribution in [3.8, 4) is 5.75 Å². The lowest BCUT2D eigenvalue weighted by Gasteiger charge is -2.49. The molecule has 11 heteroatoms. The number of cyclic esters (lactones) is 1. The minimum absolute atomic E-state index is 0.0433. The summed E-state index contributed by atoms with van der Waals surface area (Å²) >= 11 is 0. The Balaban J connectivity index is 1.56. The van der Waals surface area contributed by atoms with Gasteiger partial charge in [-0.3, -0.25) is 4.79 Å². The maximum Gasteiger partial charge on any atom is 0.417 e. The normalized spacial score (nSPS) is 19.7. The van der Waals surface area contributed by atoms with Crippen molar-refractivity contribution in [2.75, 3.05) is 25.1 Å². The van der Waals surface area contributed by atoms with Gasteiger partial charge in [0.15, 0.2) is 0 Å². The molecule has 0 radical (unpaired) electrons. The van der Waals surface area contributed by atoms with Gasteiger partial charge in [0.05, 0.1) is 19.3 Å². The Morgan fingerprint density at radius 1 is 0.860 bits per heavy atom. The number of halogens is 2. The second-order valence-corrected chi connectivity index (χ2v) is 18.9. The van der Waals surface area contributed by atoms with E-state index in [9.17, 15) is 13.6 Å². The van der Waals surface area contributed by atoms with Crippen molar-refractivity contribution in [1.29, 1.82) is 0 Å². The number of imide groups is 1. The van der Waals surface area contributed by atoms with Gasteiger partial charge in [-0.05, 0) is 79.3 Å². The summed E-state index contributed by atoms with van der Waals surface area (Å²) in [4.78, 5) is 30.1. The van der Waals surface area contributed by atoms with E-state index in [1.165, 1.54) is 36.4 Å². The summed E-state index contributed by atoms with van der Waals surface area (Å²) < 4.78 is 53.7. The van der Waals surface area contributed by atoms with Crippen molar-refractivity contribution >= 4 is 26.0 Å². The summed E-state index contributed by atoms with van der Waals surface area (Å²) in [6.45, 7) is 10.5. The van der Waals surface area contributed by atoms with Gasteiger partial charge in [0.2, 0.25) is 20.0 Å². The second kappa shape index (κ2) is 14.0. The molecule has 0 spiro atoms. The first-order valence-electron chi connectivity index (χ1n) is 16.6. The van der Waals surface area contributed by atoms with E-state index >= 15 is 4.79 Å². The molecule has 50 heavy (non-hydrogen) atoms. The summed E-state index contributed by atoms with van der Waals surface area (Å²) in [7, 11) is -1.95. The van der Waals surface area contributed by atoms with E-state index in [1.54, 1.807) is 12.1 Å². The van der Waals surface area contributed by atoms with Crippen LogP contribution in [0.2, 0.25) is 19.6 Å². The predicted octanol–water partition coefficient (Wildman–Crippen LogP) is 8.59. The van der Waals surface area contributed by atoms with Crippen LogP contribution in [-0.4, -0.2) is 45.0 Å². The number of anilines is 1.